The van der Waals surface area contributed by atoms with Crippen LogP contribution in [-0.4, -0.2) is 42.0 Å². The van der Waals surface area contributed by atoms with E-state index in [1.54, 1.807) is 12.3 Å². The number of nitrogens with zero attached hydrogens (tertiary/aromatic N) is 3. The normalized spacial score (nSPS) is 15.4. The zero-order valence-electron chi connectivity index (χ0n) is 13.0. The number of nitrogen functional groups attached to an aromatic ring is 1. The van der Waals surface area contributed by atoms with E-state index in [1.807, 2.05) is 12.1 Å². The van der Waals surface area contributed by atoms with E-state index >= 15 is 0 Å². The fourth-order valence-corrected chi connectivity index (χ4v) is 2.82. The Labute approximate surface area is 135 Å². The number of benzene rings is 1. The monoisotopic (exact) mass is 311 g/mol. The van der Waals surface area contributed by atoms with Gasteiger partial charge in [-0.25, -0.2) is 5.84 Å². The van der Waals surface area contributed by atoms with Crippen molar-refractivity contribution in [3.05, 3.63) is 59.9 Å². The molecule has 3 N–H and O–H groups in total. The van der Waals surface area contributed by atoms with Gasteiger partial charge in [-0.15, -0.1) is 0 Å². The van der Waals surface area contributed by atoms with Gasteiger partial charge in [0, 0.05) is 44.6 Å². The van der Waals surface area contributed by atoms with E-state index in [4.69, 9.17) is 5.84 Å². The summed E-state index contributed by atoms with van der Waals surface area (Å²) in [7, 11) is 0. The van der Waals surface area contributed by atoms with Crippen molar-refractivity contribution in [2.75, 3.05) is 31.1 Å². The number of hydrogen-bond acceptors (Lipinski definition) is 5. The Morgan fingerprint density at radius 3 is 2.57 bits per heavy atom. The lowest BCUT2D eigenvalue weighted by atomic mass is 10.2. The number of anilines is 1. The molecule has 1 saturated heterocycles. The van der Waals surface area contributed by atoms with E-state index in [1.165, 1.54) is 5.56 Å². The molecular weight excluding hydrogens is 290 g/mol. The average molecular weight is 311 g/mol. The van der Waals surface area contributed by atoms with Gasteiger partial charge >= 0.3 is 0 Å². The van der Waals surface area contributed by atoms with Crippen LogP contribution in [-0.2, 0) is 6.54 Å². The van der Waals surface area contributed by atoms with Crippen molar-refractivity contribution >= 4 is 11.6 Å². The number of amides is 1. The second-order valence-electron chi connectivity index (χ2n) is 5.62. The molecule has 23 heavy (non-hydrogen) atoms. The standard InChI is InChI=1S/C17H21N5O/c18-20-17(23)16-12-15(6-7-19-16)22-10-8-21(9-11-22)13-14-4-2-1-3-5-14/h1-7,12H,8-11,13,18H2,(H,20,23). The van der Waals surface area contributed by atoms with E-state index in [2.05, 4.69) is 44.5 Å². The summed E-state index contributed by atoms with van der Waals surface area (Å²) in [4.78, 5) is 20.3. The van der Waals surface area contributed by atoms with Crippen LogP contribution >= 0.6 is 0 Å². The van der Waals surface area contributed by atoms with Crippen LogP contribution < -0.4 is 16.2 Å². The van der Waals surface area contributed by atoms with Crippen LogP contribution in [0.2, 0.25) is 0 Å². The Morgan fingerprint density at radius 1 is 1.13 bits per heavy atom. The van der Waals surface area contributed by atoms with Gasteiger partial charge in [-0.1, -0.05) is 30.3 Å². The smallest absolute Gasteiger partial charge is 0.283 e. The van der Waals surface area contributed by atoms with Gasteiger partial charge in [0.1, 0.15) is 5.69 Å². The van der Waals surface area contributed by atoms with Crippen LogP contribution in [0.4, 0.5) is 5.69 Å². The molecular formula is C17H21N5O. The minimum Gasteiger partial charge on any atom is -0.369 e. The fraction of sp³-hybridized carbons (Fsp3) is 0.294. The molecule has 2 heterocycles. The highest BCUT2D eigenvalue weighted by Crippen LogP contribution is 2.17. The van der Waals surface area contributed by atoms with Gasteiger partial charge < -0.3 is 4.90 Å². The maximum Gasteiger partial charge on any atom is 0.283 e. The zero-order valence-corrected chi connectivity index (χ0v) is 13.0. The summed E-state index contributed by atoms with van der Waals surface area (Å²) >= 11 is 0. The molecule has 0 spiro atoms. The average Bonchev–Trinajstić information content (AvgIpc) is 2.62. The highest BCUT2D eigenvalue weighted by Gasteiger charge is 2.18. The number of nitrogens with two attached hydrogens (primary N) is 1. The summed E-state index contributed by atoms with van der Waals surface area (Å²) < 4.78 is 0. The minimum absolute atomic E-state index is 0.344. The first kappa shape index (κ1) is 15.5. The number of rotatable bonds is 4. The number of carbonyl (C=O) groups excluding carboxylic acids is 1. The Balaban J connectivity index is 1.59. The molecule has 6 heteroatoms. The van der Waals surface area contributed by atoms with Gasteiger partial charge in [0.05, 0.1) is 0 Å². The van der Waals surface area contributed by atoms with E-state index < -0.39 is 0 Å². The predicted molar refractivity (Wildman–Crippen MR) is 89.8 cm³/mol. The molecule has 1 aromatic carbocycles. The van der Waals surface area contributed by atoms with E-state index in [9.17, 15) is 4.79 Å². The highest BCUT2D eigenvalue weighted by molar-refractivity contribution is 5.92. The zero-order chi connectivity index (χ0) is 16.1. The Bertz CT molecular complexity index is 653. The first-order valence-electron chi connectivity index (χ1n) is 7.74. The molecule has 2 aromatic rings. The van der Waals surface area contributed by atoms with Crippen LogP contribution in [0.1, 0.15) is 16.1 Å². The predicted octanol–water partition coefficient (Wildman–Crippen LogP) is 1.01. The van der Waals surface area contributed by atoms with Gasteiger partial charge in [-0.2, -0.15) is 0 Å². The molecule has 0 unspecified atom stereocenters. The Hall–Kier alpha value is -2.44. The summed E-state index contributed by atoms with van der Waals surface area (Å²) in [5, 5.41) is 0. The number of piperazine rings is 1. The van der Waals surface area contributed by atoms with Crippen molar-refractivity contribution in [1.29, 1.82) is 0 Å². The highest BCUT2D eigenvalue weighted by atomic mass is 16.2. The van der Waals surface area contributed by atoms with Crippen molar-refractivity contribution < 1.29 is 4.79 Å². The first-order valence-corrected chi connectivity index (χ1v) is 7.74. The molecule has 6 nitrogen and oxygen atoms in total. The van der Waals surface area contributed by atoms with Crippen molar-refractivity contribution in [2.24, 2.45) is 5.84 Å². The molecule has 0 atom stereocenters. The quantitative estimate of drug-likeness (QED) is 0.501. The summed E-state index contributed by atoms with van der Waals surface area (Å²) in [6.07, 6.45) is 1.65. The van der Waals surface area contributed by atoms with Crippen molar-refractivity contribution in [3.63, 3.8) is 0 Å². The molecule has 0 aliphatic carbocycles. The summed E-state index contributed by atoms with van der Waals surface area (Å²) in [5.41, 5.74) is 4.81. The lowest BCUT2D eigenvalue weighted by molar-refractivity contribution is 0.0948. The molecule has 3 rings (SSSR count). The number of aromatic nitrogens is 1. The van der Waals surface area contributed by atoms with Crippen LogP contribution in [0.3, 0.4) is 0 Å². The molecule has 1 aromatic heterocycles. The van der Waals surface area contributed by atoms with Crippen LogP contribution in [0.5, 0.6) is 0 Å². The summed E-state index contributed by atoms with van der Waals surface area (Å²) in [5.74, 6) is 4.80. The first-order chi connectivity index (χ1) is 11.3. The Kier molecular flexibility index (Phi) is 4.85. The third kappa shape index (κ3) is 3.85. The number of hydrogen-bond donors (Lipinski definition) is 2. The van der Waals surface area contributed by atoms with Gasteiger partial charge in [-0.05, 0) is 17.7 Å². The van der Waals surface area contributed by atoms with Crippen LogP contribution in [0.25, 0.3) is 0 Å². The molecule has 120 valence electrons. The fourth-order valence-electron chi connectivity index (χ4n) is 2.82. The molecule has 0 bridgehead atoms. The SMILES string of the molecule is NNC(=O)c1cc(N2CCN(Cc3ccccc3)CC2)ccn1. The van der Waals surface area contributed by atoms with Gasteiger partial charge in [-0.3, -0.25) is 20.1 Å². The molecule has 1 aliphatic heterocycles. The van der Waals surface area contributed by atoms with E-state index in [-0.39, 0.29) is 5.91 Å². The molecule has 0 radical (unpaired) electrons. The molecule has 0 saturated carbocycles. The topological polar surface area (TPSA) is 74.5 Å². The van der Waals surface area contributed by atoms with Crippen LogP contribution in [0, 0.1) is 0 Å². The van der Waals surface area contributed by atoms with E-state index in [0.717, 1.165) is 38.4 Å². The number of pyridine rings is 1. The molecule has 1 amide bonds. The lowest BCUT2D eigenvalue weighted by Crippen LogP contribution is -2.46. The van der Waals surface area contributed by atoms with Crippen molar-refractivity contribution in [3.8, 4) is 0 Å². The largest absolute Gasteiger partial charge is 0.369 e. The number of hydrazine groups is 1. The maximum absolute atomic E-state index is 11.6. The molecule has 1 aliphatic rings. The van der Waals surface area contributed by atoms with Gasteiger partial charge in [0.2, 0.25) is 0 Å². The van der Waals surface area contributed by atoms with Crippen molar-refractivity contribution in [1.82, 2.24) is 15.3 Å². The summed E-state index contributed by atoms with van der Waals surface area (Å²) in [6.45, 7) is 4.83. The van der Waals surface area contributed by atoms with Gasteiger partial charge in [0.25, 0.3) is 5.91 Å². The molecule has 1 fully saturated rings. The second kappa shape index (κ2) is 7.21. The van der Waals surface area contributed by atoms with E-state index in [0.29, 0.717) is 5.69 Å². The third-order valence-electron chi connectivity index (χ3n) is 4.09. The minimum atomic E-state index is -0.366. The number of nitrogens with one attached hydrogen (secondary N) is 1. The summed E-state index contributed by atoms with van der Waals surface area (Å²) in [6, 6.07) is 14.2. The second-order valence-corrected chi connectivity index (χ2v) is 5.62. The van der Waals surface area contributed by atoms with Gasteiger partial charge in [0.15, 0.2) is 0 Å². The Morgan fingerprint density at radius 2 is 1.87 bits per heavy atom. The van der Waals surface area contributed by atoms with Crippen LogP contribution in [0.15, 0.2) is 48.7 Å². The number of carbonyl (C=O) groups is 1. The maximum atomic E-state index is 11.6. The lowest BCUT2D eigenvalue weighted by Gasteiger charge is -2.36. The third-order valence-corrected chi connectivity index (χ3v) is 4.09. The van der Waals surface area contributed by atoms with Crippen molar-refractivity contribution in [2.45, 2.75) is 6.54 Å².